The monoisotopic (exact) mass is 473 g/mol. The van der Waals surface area contributed by atoms with Crippen molar-refractivity contribution in [3.8, 4) is 6.07 Å². The summed E-state index contributed by atoms with van der Waals surface area (Å²) >= 11 is 0. The smallest absolute Gasteiger partial charge is 0.270 e. The van der Waals surface area contributed by atoms with Gasteiger partial charge in [0.1, 0.15) is 23.2 Å². The Morgan fingerprint density at radius 2 is 1.82 bits per heavy atom. The quantitative estimate of drug-likeness (QED) is 0.459. The number of fused-ring (bicyclic) bond motifs is 1. The molecule has 0 bridgehead atoms. The molecule has 2 aromatic carbocycles. The van der Waals surface area contributed by atoms with Crippen molar-refractivity contribution < 1.29 is 4.79 Å². The first-order valence-electron chi connectivity index (χ1n) is 10.8. The molecule has 0 atom stereocenters. The zero-order chi connectivity index (χ0) is 22.8. The van der Waals surface area contributed by atoms with Crippen LogP contribution in [0.1, 0.15) is 21.9 Å². The Labute approximate surface area is 203 Å². The van der Waals surface area contributed by atoms with Gasteiger partial charge in [0.15, 0.2) is 0 Å². The number of carbonyl (C=O) groups is 1. The molecule has 1 fully saturated rings. The SMILES string of the molecule is Cc1nc(Nc2cccc(C#N)c2)cc(N2CCN(C(=O)c3cc4ccccc4[nH]3)CC2)n1.Cl. The van der Waals surface area contributed by atoms with Crippen LogP contribution in [0, 0.1) is 18.3 Å². The maximum atomic E-state index is 13.0. The standard InChI is InChI=1S/C25H23N7O.ClH/c1-17-27-23(29-20-7-4-5-18(13-20)16-26)15-24(28-17)31-9-11-32(12-10-31)25(33)22-14-19-6-2-3-8-21(19)30-22;/h2-8,13-15,30H,9-12H2,1H3,(H,27,28,29);1H. The molecule has 34 heavy (non-hydrogen) atoms. The summed E-state index contributed by atoms with van der Waals surface area (Å²) in [5.41, 5.74) is 2.97. The van der Waals surface area contributed by atoms with Gasteiger partial charge in [0, 0.05) is 48.8 Å². The third kappa shape index (κ3) is 4.80. The Hall–Kier alpha value is -4.09. The van der Waals surface area contributed by atoms with E-state index in [0.717, 1.165) is 22.4 Å². The number of piperazine rings is 1. The van der Waals surface area contributed by atoms with Gasteiger partial charge in [0.05, 0.1) is 11.6 Å². The number of hydrogen-bond donors (Lipinski definition) is 2. The van der Waals surface area contributed by atoms with E-state index in [2.05, 4.69) is 31.2 Å². The Morgan fingerprint density at radius 1 is 1.03 bits per heavy atom. The van der Waals surface area contributed by atoms with Crippen LogP contribution in [0.4, 0.5) is 17.3 Å². The van der Waals surface area contributed by atoms with Crippen molar-refractivity contribution in [3.05, 3.63) is 77.7 Å². The highest BCUT2D eigenvalue weighted by Gasteiger charge is 2.24. The summed E-state index contributed by atoms with van der Waals surface area (Å²) in [6.45, 7) is 4.46. The average molecular weight is 474 g/mol. The second-order valence-electron chi connectivity index (χ2n) is 8.03. The van der Waals surface area contributed by atoms with Gasteiger partial charge in [-0.2, -0.15) is 5.26 Å². The molecule has 0 unspecified atom stereocenters. The summed E-state index contributed by atoms with van der Waals surface area (Å²) < 4.78 is 0. The first kappa shape index (κ1) is 23.1. The van der Waals surface area contributed by atoms with E-state index in [1.807, 2.05) is 60.4 Å². The number of nitrogens with one attached hydrogen (secondary N) is 2. The van der Waals surface area contributed by atoms with Crippen molar-refractivity contribution in [2.24, 2.45) is 0 Å². The lowest BCUT2D eigenvalue weighted by atomic mass is 10.2. The lowest BCUT2D eigenvalue weighted by molar-refractivity contribution is 0.0741. The summed E-state index contributed by atoms with van der Waals surface area (Å²) in [7, 11) is 0. The summed E-state index contributed by atoms with van der Waals surface area (Å²) in [4.78, 5) is 29.4. The number of carbonyl (C=O) groups excluding carboxylic acids is 1. The number of nitrogens with zero attached hydrogens (tertiary/aromatic N) is 5. The van der Waals surface area contributed by atoms with Crippen LogP contribution in [-0.2, 0) is 0 Å². The minimum atomic E-state index is 0. The number of benzene rings is 2. The first-order chi connectivity index (χ1) is 16.1. The summed E-state index contributed by atoms with van der Waals surface area (Å²) in [6, 6.07) is 21.1. The number of aromatic nitrogens is 3. The zero-order valence-electron chi connectivity index (χ0n) is 18.7. The molecule has 1 aliphatic rings. The largest absolute Gasteiger partial charge is 0.353 e. The number of nitriles is 1. The molecule has 0 spiro atoms. The van der Waals surface area contributed by atoms with Gasteiger partial charge in [-0.3, -0.25) is 4.79 Å². The average Bonchev–Trinajstić information content (AvgIpc) is 3.28. The number of aromatic amines is 1. The van der Waals surface area contributed by atoms with Crippen LogP contribution in [-0.4, -0.2) is 51.9 Å². The van der Waals surface area contributed by atoms with E-state index >= 15 is 0 Å². The summed E-state index contributed by atoms with van der Waals surface area (Å²) in [6.07, 6.45) is 0. The van der Waals surface area contributed by atoms with E-state index in [1.54, 1.807) is 12.1 Å². The maximum Gasteiger partial charge on any atom is 0.270 e. The molecule has 1 amide bonds. The van der Waals surface area contributed by atoms with Crippen LogP contribution >= 0.6 is 12.4 Å². The minimum Gasteiger partial charge on any atom is -0.353 e. The zero-order valence-corrected chi connectivity index (χ0v) is 19.5. The molecule has 3 heterocycles. The Balaban J connectivity index is 0.00000274. The van der Waals surface area contributed by atoms with Crippen molar-refractivity contribution in [3.63, 3.8) is 0 Å². The van der Waals surface area contributed by atoms with Crippen molar-refractivity contribution in [2.45, 2.75) is 6.92 Å². The number of hydrogen-bond acceptors (Lipinski definition) is 6. The van der Waals surface area contributed by atoms with E-state index in [1.165, 1.54) is 0 Å². The van der Waals surface area contributed by atoms with Gasteiger partial charge in [-0.15, -0.1) is 12.4 Å². The molecule has 2 N–H and O–H groups in total. The number of amides is 1. The predicted molar refractivity (Wildman–Crippen MR) is 135 cm³/mol. The molecule has 0 radical (unpaired) electrons. The number of aryl methyl sites for hydroxylation is 1. The molecule has 1 saturated heterocycles. The molecule has 9 heteroatoms. The molecule has 172 valence electrons. The molecular formula is C25H24ClN7O. The predicted octanol–water partition coefficient (Wildman–Crippen LogP) is 4.27. The van der Waals surface area contributed by atoms with Gasteiger partial charge in [0.2, 0.25) is 0 Å². The maximum absolute atomic E-state index is 13.0. The van der Waals surface area contributed by atoms with Gasteiger partial charge in [-0.25, -0.2) is 9.97 Å². The third-order valence-corrected chi connectivity index (χ3v) is 5.74. The molecular weight excluding hydrogens is 450 g/mol. The van der Waals surface area contributed by atoms with Crippen LogP contribution in [0.25, 0.3) is 10.9 Å². The normalized spacial score (nSPS) is 13.3. The van der Waals surface area contributed by atoms with Crippen LogP contribution in [0.3, 0.4) is 0 Å². The Bertz CT molecular complexity index is 1340. The van der Waals surface area contributed by atoms with Crippen molar-refractivity contribution in [2.75, 3.05) is 36.4 Å². The highest BCUT2D eigenvalue weighted by molar-refractivity contribution is 5.98. The molecule has 2 aromatic heterocycles. The first-order valence-corrected chi connectivity index (χ1v) is 10.8. The van der Waals surface area contributed by atoms with E-state index in [-0.39, 0.29) is 18.3 Å². The van der Waals surface area contributed by atoms with Crippen molar-refractivity contribution >= 4 is 46.5 Å². The van der Waals surface area contributed by atoms with Gasteiger partial charge in [0.25, 0.3) is 5.91 Å². The van der Waals surface area contributed by atoms with Crippen LogP contribution in [0.5, 0.6) is 0 Å². The number of anilines is 3. The number of para-hydroxylation sites is 1. The van der Waals surface area contributed by atoms with Crippen LogP contribution in [0.15, 0.2) is 60.7 Å². The molecule has 1 aliphatic heterocycles. The van der Waals surface area contributed by atoms with Crippen molar-refractivity contribution in [1.82, 2.24) is 19.9 Å². The number of halogens is 1. The Morgan fingerprint density at radius 3 is 2.59 bits per heavy atom. The fraction of sp³-hybridized carbons (Fsp3) is 0.200. The molecule has 0 aliphatic carbocycles. The number of H-pyrrole nitrogens is 1. The van der Waals surface area contributed by atoms with Gasteiger partial charge < -0.3 is 20.1 Å². The fourth-order valence-corrected chi connectivity index (χ4v) is 4.09. The lowest BCUT2D eigenvalue weighted by Gasteiger charge is -2.35. The van der Waals surface area contributed by atoms with Crippen LogP contribution < -0.4 is 10.2 Å². The van der Waals surface area contributed by atoms with Gasteiger partial charge in [-0.05, 0) is 37.3 Å². The van der Waals surface area contributed by atoms with Crippen molar-refractivity contribution in [1.29, 1.82) is 5.26 Å². The number of rotatable bonds is 4. The van der Waals surface area contributed by atoms with Gasteiger partial charge >= 0.3 is 0 Å². The molecule has 8 nitrogen and oxygen atoms in total. The highest BCUT2D eigenvalue weighted by atomic mass is 35.5. The second kappa shape index (κ2) is 9.81. The lowest BCUT2D eigenvalue weighted by Crippen LogP contribution is -2.49. The summed E-state index contributed by atoms with van der Waals surface area (Å²) in [5, 5.41) is 13.4. The fourth-order valence-electron chi connectivity index (χ4n) is 4.09. The van der Waals surface area contributed by atoms with E-state index in [9.17, 15) is 4.79 Å². The Kier molecular flexibility index (Phi) is 6.66. The molecule has 0 saturated carbocycles. The highest BCUT2D eigenvalue weighted by Crippen LogP contribution is 2.22. The van der Waals surface area contributed by atoms with E-state index < -0.39 is 0 Å². The molecule has 5 rings (SSSR count). The molecule has 4 aromatic rings. The third-order valence-electron chi connectivity index (χ3n) is 5.74. The second-order valence-corrected chi connectivity index (χ2v) is 8.03. The van der Waals surface area contributed by atoms with E-state index in [0.29, 0.717) is 49.1 Å². The minimum absolute atomic E-state index is 0. The summed E-state index contributed by atoms with van der Waals surface area (Å²) in [5.74, 6) is 2.16. The topological polar surface area (TPSA) is 101 Å². The van der Waals surface area contributed by atoms with Gasteiger partial charge in [-0.1, -0.05) is 24.3 Å². The van der Waals surface area contributed by atoms with Crippen LogP contribution in [0.2, 0.25) is 0 Å². The van der Waals surface area contributed by atoms with E-state index in [4.69, 9.17) is 5.26 Å².